The summed E-state index contributed by atoms with van der Waals surface area (Å²) in [7, 11) is 0. The zero-order valence-electron chi connectivity index (χ0n) is 16.1. The molecule has 0 spiro atoms. The van der Waals surface area contributed by atoms with Crippen molar-refractivity contribution in [2.24, 2.45) is 5.10 Å². The molecule has 156 valence electrons. The standard InChI is InChI=1S/C19H16N8O4/c1-10(13-8-7-12(28)9-14(13)29)21-23-19(30)15-16(11-5-3-2-4-6-11)27(26-22-15)18-17(20)24-31-25-18/h2-9,28-29H,1H3,(H2,20,24)(H,23,30)/b21-10-. The van der Waals surface area contributed by atoms with Crippen molar-refractivity contribution in [2.75, 3.05) is 5.73 Å². The first-order valence-electron chi connectivity index (χ1n) is 8.92. The summed E-state index contributed by atoms with van der Waals surface area (Å²) in [6.45, 7) is 1.59. The van der Waals surface area contributed by atoms with Gasteiger partial charge in [-0.05, 0) is 29.4 Å². The van der Waals surface area contributed by atoms with Gasteiger partial charge in [0.1, 0.15) is 17.2 Å². The Morgan fingerprint density at radius 2 is 1.94 bits per heavy atom. The minimum atomic E-state index is -0.655. The van der Waals surface area contributed by atoms with Crippen LogP contribution in [0.2, 0.25) is 0 Å². The number of carbonyl (C=O) groups excluding carboxylic acids is 1. The molecule has 5 N–H and O–H groups in total. The molecule has 0 aliphatic rings. The molecule has 4 rings (SSSR count). The molecule has 4 aromatic rings. The zero-order valence-corrected chi connectivity index (χ0v) is 16.1. The molecule has 12 heteroatoms. The van der Waals surface area contributed by atoms with Crippen LogP contribution in [0.3, 0.4) is 0 Å². The number of phenolic OH excluding ortho intramolecular Hbond substituents is 2. The molecule has 0 fully saturated rings. The van der Waals surface area contributed by atoms with Crippen molar-refractivity contribution in [1.82, 2.24) is 30.7 Å². The quantitative estimate of drug-likeness (QED) is 0.275. The van der Waals surface area contributed by atoms with Gasteiger partial charge in [0.2, 0.25) is 11.6 Å². The Hall–Kier alpha value is -4.74. The molecule has 0 aliphatic heterocycles. The average molecular weight is 420 g/mol. The summed E-state index contributed by atoms with van der Waals surface area (Å²) in [4.78, 5) is 12.9. The lowest BCUT2D eigenvalue weighted by molar-refractivity contribution is 0.0950. The number of nitrogens with zero attached hydrogens (tertiary/aromatic N) is 6. The van der Waals surface area contributed by atoms with Crippen LogP contribution in [0.4, 0.5) is 5.82 Å². The predicted octanol–water partition coefficient (Wildman–Crippen LogP) is 1.46. The number of nitrogens with two attached hydrogens (primary N) is 1. The highest BCUT2D eigenvalue weighted by Gasteiger charge is 2.25. The van der Waals surface area contributed by atoms with E-state index in [9.17, 15) is 15.0 Å². The summed E-state index contributed by atoms with van der Waals surface area (Å²) in [5.74, 6) is -0.869. The van der Waals surface area contributed by atoms with Gasteiger partial charge in [-0.15, -0.1) is 5.10 Å². The maximum atomic E-state index is 12.9. The van der Waals surface area contributed by atoms with Crippen molar-refractivity contribution in [3.8, 4) is 28.6 Å². The monoisotopic (exact) mass is 420 g/mol. The van der Waals surface area contributed by atoms with Crippen LogP contribution < -0.4 is 11.2 Å². The van der Waals surface area contributed by atoms with Crippen molar-refractivity contribution in [2.45, 2.75) is 6.92 Å². The van der Waals surface area contributed by atoms with Gasteiger partial charge in [-0.1, -0.05) is 35.5 Å². The van der Waals surface area contributed by atoms with Gasteiger partial charge in [0.25, 0.3) is 5.91 Å². The highest BCUT2D eigenvalue weighted by Crippen LogP contribution is 2.26. The molecule has 2 aromatic heterocycles. The topological polar surface area (TPSA) is 178 Å². The van der Waals surface area contributed by atoms with E-state index in [1.165, 1.54) is 22.9 Å². The van der Waals surface area contributed by atoms with Gasteiger partial charge < -0.3 is 15.9 Å². The number of hydrogen-bond acceptors (Lipinski definition) is 10. The summed E-state index contributed by atoms with van der Waals surface area (Å²) in [5, 5.41) is 38.6. The Kier molecular flexibility index (Phi) is 5.02. The first-order valence-corrected chi connectivity index (χ1v) is 8.92. The third-order valence-electron chi connectivity index (χ3n) is 4.33. The molecule has 0 aliphatic carbocycles. The first kappa shape index (κ1) is 19.6. The fourth-order valence-corrected chi connectivity index (χ4v) is 2.85. The van der Waals surface area contributed by atoms with Crippen LogP contribution in [0.1, 0.15) is 23.0 Å². The number of phenols is 2. The number of nitrogen functional groups attached to an aromatic ring is 1. The van der Waals surface area contributed by atoms with Crippen LogP contribution >= 0.6 is 0 Å². The number of aromatic nitrogens is 5. The van der Waals surface area contributed by atoms with E-state index in [1.807, 2.05) is 6.07 Å². The second-order valence-corrected chi connectivity index (χ2v) is 6.38. The summed E-state index contributed by atoms with van der Waals surface area (Å²) in [6.07, 6.45) is 0. The number of rotatable bonds is 5. The number of amides is 1. The molecule has 0 bridgehead atoms. The van der Waals surface area contributed by atoms with Crippen molar-refractivity contribution in [3.05, 3.63) is 59.8 Å². The van der Waals surface area contributed by atoms with Crippen LogP contribution in [-0.2, 0) is 0 Å². The van der Waals surface area contributed by atoms with E-state index in [4.69, 9.17) is 5.73 Å². The molecule has 12 nitrogen and oxygen atoms in total. The van der Waals surface area contributed by atoms with E-state index in [1.54, 1.807) is 31.2 Å². The molecular weight excluding hydrogens is 404 g/mol. The minimum Gasteiger partial charge on any atom is -0.508 e. The SMILES string of the molecule is C/C(=N/NC(=O)c1nnn(-c2nonc2N)c1-c1ccccc1)c1ccc(O)cc1O. The number of hydrazone groups is 1. The van der Waals surface area contributed by atoms with Crippen LogP contribution in [0.5, 0.6) is 11.5 Å². The molecule has 31 heavy (non-hydrogen) atoms. The van der Waals surface area contributed by atoms with Crippen LogP contribution in [-0.4, -0.2) is 47.1 Å². The molecule has 0 unspecified atom stereocenters. The molecular formula is C19H16N8O4. The van der Waals surface area contributed by atoms with Gasteiger partial charge in [-0.2, -0.15) is 9.78 Å². The van der Waals surface area contributed by atoms with Gasteiger partial charge in [0.05, 0.1) is 5.71 Å². The zero-order chi connectivity index (χ0) is 22.0. The van der Waals surface area contributed by atoms with Crippen molar-refractivity contribution >= 4 is 17.4 Å². The Morgan fingerprint density at radius 1 is 1.16 bits per heavy atom. The van der Waals surface area contributed by atoms with E-state index in [0.717, 1.165) is 0 Å². The van der Waals surface area contributed by atoms with Gasteiger partial charge >= 0.3 is 0 Å². The Morgan fingerprint density at radius 3 is 2.61 bits per heavy atom. The largest absolute Gasteiger partial charge is 0.508 e. The van der Waals surface area contributed by atoms with E-state index < -0.39 is 5.91 Å². The Balaban J connectivity index is 1.70. The van der Waals surface area contributed by atoms with Crippen molar-refractivity contribution < 1.29 is 19.6 Å². The van der Waals surface area contributed by atoms with Crippen molar-refractivity contribution in [3.63, 3.8) is 0 Å². The summed E-state index contributed by atoms with van der Waals surface area (Å²) < 4.78 is 5.88. The smallest absolute Gasteiger partial charge is 0.294 e. The fraction of sp³-hybridized carbons (Fsp3) is 0.0526. The molecule has 0 atom stereocenters. The molecule has 0 radical (unpaired) electrons. The number of benzene rings is 2. The first-order chi connectivity index (χ1) is 15.0. The lowest BCUT2D eigenvalue weighted by atomic mass is 10.1. The number of anilines is 1. The fourth-order valence-electron chi connectivity index (χ4n) is 2.85. The highest BCUT2D eigenvalue weighted by atomic mass is 16.6. The van der Waals surface area contributed by atoms with E-state index in [0.29, 0.717) is 22.5 Å². The molecule has 1 amide bonds. The summed E-state index contributed by atoms with van der Waals surface area (Å²) in [5.41, 5.74) is 9.70. The number of aromatic hydroxyl groups is 2. The van der Waals surface area contributed by atoms with E-state index in [-0.39, 0.29) is 28.8 Å². The van der Waals surface area contributed by atoms with Gasteiger partial charge in [-0.25, -0.2) is 10.1 Å². The third kappa shape index (κ3) is 3.76. The molecule has 0 saturated carbocycles. The normalized spacial score (nSPS) is 11.5. The maximum Gasteiger partial charge on any atom is 0.294 e. The highest BCUT2D eigenvalue weighted by molar-refractivity contribution is 6.03. The molecule has 0 saturated heterocycles. The summed E-state index contributed by atoms with van der Waals surface area (Å²) in [6, 6.07) is 13.0. The minimum absolute atomic E-state index is 0.0225. The lowest BCUT2D eigenvalue weighted by Gasteiger charge is -2.07. The van der Waals surface area contributed by atoms with E-state index >= 15 is 0 Å². The third-order valence-corrected chi connectivity index (χ3v) is 4.33. The van der Waals surface area contributed by atoms with Crippen LogP contribution in [0.15, 0.2) is 58.3 Å². The molecule has 2 aromatic carbocycles. The Labute approximate surface area is 174 Å². The van der Waals surface area contributed by atoms with Crippen molar-refractivity contribution in [1.29, 1.82) is 0 Å². The second kappa shape index (κ2) is 7.94. The predicted molar refractivity (Wildman–Crippen MR) is 109 cm³/mol. The van der Waals surface area contributed by atoms with Gasteiger partial charge in [-0.3, -0.25) is 4.79 Å². The Bertz CT molecular complexity index is 1280. The van der Waals surface area contributed by atoms with Gasteiger partial charge in [0.15, 0.2) is 5.69 Å². The molecule has 2 heterocycles. The average Bonchev–Trinajstić information content (AvgIpc) is 3.38. The number of nitrogens with one attached hydrogen (secondary N) is 1. The summed E-state index contributed by atoms with van der Waals surface area (Å²) >= 11 is 0. The second-order valence-electron chi connectivity index (χ2n) is 6.38. The van der Waals surface area contributed by atoms with Crippen LogP contribution in [0, 0.1) is 0 Å². The van der Waals surface area contributed by atoms with Gasteiger partial charge in [0, 0.05) is 17.2 Å². The van der Waals surface area contributed by atoms with E-state index in [2.05, 4.69) is 35.8 Å². The van der Waals surface area contributed by atoms with Crippen LogP contribution in [0.25, 0.3) is 17.1 Å². The number of carbonyl (C=O) groups is 1. The maximum absolute atomic E-state index is 12.9. The lowest BCUT2D eigenvalue weighted by Crippen LogP contribution is -2.21. The number of hydrogen-bond donors (Lipinski definition) is 4.